The third-order valence-corrected chi connectivity index (χ3v) is 3.66. The maximum absolute atomic E-state index is 11.0. The molecule has 0 saturated heterocycles. The minimum atomic E-state index is -0.449. The van der Waals surface area contributed by atoms with Gasteiger partial charge in [0.05, 0.1) is 9.83 Å². The van der Waals surface area contributed by atoms with Gasteiger partial charge in [0, 0.05) is 41.3 Å². The molecule has 124 valence electrons. The van der Waals surface area contributed by atoms with Gasteiger partial charge in [-0.1, -0.05) is 18.2 Å². The number of rotatable bonds is 5. The minimum Gasteiger partial charge on any atom is -0.310 e. The van der Waals surface area contributed by atoms with Crippen LogP contribution in [0, 0.1) is 15.0 Å². The van der Waals surface area contributed by atoms with Crippen LogP contribution in [0.4, 0.5) is 28.4 Å². The average molecular weight is 336 g/mol. The Kier molecular flexibility index (Phi) is 4.38. The van der Waals surface area contributed by atoms with Crippen LogP contribution in [0.1, 0.15) is 0 Å². The maximum Gasteiger partial charge on any atom is 0.316 e. The lowest BCUT2D eigenvalue weighted by Gasteiger charge is -2.25. The number of benzene rings is 3. The van der Waals surface area contributed by atoms with E-state index in [9.17, 15) is 15.0 Å². The van der Waals surface area contributed by atoms with E-state index in [4.69, 9.17) is 5.21 Å². The number of nitro groups is 1. The molecule has 3 aromatic rings. The van der Waals surface area contributed by atoms with E-state index >= 15 is 0 Å². The summed E-state index contributed by atoms with van der Waals surface area (Å²) in [4.78, 5) is 23.1. The molecule has 0 fully saturated rings. The predicted molar refractivity (Wildman–Crippen MR) is 92.9 cm³/mol. The van der Waals surface area contributed by atoms with E-state index in [1.54, 1.807) is 24.3 Å². The second-order valence-electron chi connectivity index (χ2n) is 5.23. The Morgan fingerprint density at radius 2 is 1.12 bits per heavy atom. The largest absolute Gasteiger partial charge is 0.316 e. The second-order valence-corrected chi connectivity index (χ2v) is 5.23. The van der Waals surface area contributed by atoms with Crippen LogP contribution in [-0.4, -0.2) is 15.1 Å². The first-order chi connectivity index (χ1) is 12.1. The zero-order chi connectivity index (χ0) is 17.8. The van der Waals surface area contributed by atoms with Crippen molar-refractivity contribution in [2.45, 2.75) is 0 Å². The second kappa shape index (κ2) is 6.79. The number of para-hydroxylation sites is 1. The molecule has 0 amide bonds. The van der Waals surface area contributed by atoms with Crippen molar-refractivity contribution in [2.75, 3.05) is 4.90 Å². The molecule has 0 radical (unpaired) electrons. The molecular weight excluding hydrogens is 322 g/mol. The summed E-state index contributed by atoms with van der Waals surface area (Å²) < 4.78 is 0. The lowest BCUT2D eigenvalue weighted by Crippen LogP contribution is -2.09. The Balaban J connectivity index is 2.07. The highest BCUT2D eigenvalue weighted by Gasteiger charge is 2.16. The SMILES string of the molecule is O=[N+]([O-])c1ccc(N(c2ccccc2)c2ccc([N+](=O)O)cc2)cc1. The zero-order valence-electron chi connectivity index (χ0n) is 13.0. The van der Waals surface area contributed by atoms with Crippen molar-refractivity contribution in [3.63, 3.8) is 0 Å². The molecule has 0 aliphatic rings. The first kappa shape index (κ1) is 16.1. The average Bonchev–Trinajstić information content (AvgIpc) is 2.64. The Bertz CT molecular complexity index is 836. The molecule has 25 heavy (non-hydrogen) atoms. The van der Waals surface area contributed by atoms with Crippen molar-refractivity contribution in [3.05, 3.63) is 93.9 Å². The molecule has 7 nitrogen and oxygen atoms in total. The van der Waals surface area contributed by atoms with Gasteiger partial charge < -0.3 is 4.90 Å². The highest BCUT2D eigenvalue weighted by atomic mass is 16.6. The Hall–Kier alpha value is -3.74. The molecule has 0 aliphatic carbocycles. The van der Waals surface area contributed by atoms with Crippen LogP contribution in [0.3, 0.4) is 0 Å². The number of anilines is 3. The molecule has 0 unspecified atom stereocenters. The van der Waals surface area contributed by atoms with Crippen LogP contribution >= 0.6 is 0 Å². The first-order valence-electron chi connectivity index (χ1n) is 7.42. The van der Waals surface area contributed by atoms with Gasteiger partial charge >= 0.3 is 5.69 Å². The number of hydrogen-bond donors (Lipinski definition) is 1. The number of nitro benzene ring substituents is 1. The maximum atomic E-state index is 11.0. The molecule has 3 rings (SSSR count). The van der Waals surface area contributed by atoms with E-state index in [1.165, 1.54) is 24.3 Å². The zero-order valence-corrected chi connectivity index (χ0v) is 13.0. The molecule has 0 aliphatic heterocycles. The third kappa shape index (κ3) is 3.45. The summed E-state index contributed by atoms with van der Waals surface area (Å²) in [7, 11) is 0. The van der Waals surface area contributed by atoms with Crippen molar-refractivity contribution in [1.82, 2.24) is 0 Å². The minimum absolute atomic E-state index is 0.00869. The standard InChI is InChI=1S/C18H14N3O4/c22-20(23)17-10-6-15(7-11-17)19(14-4-2-1-3-5-14)16-8-12-18(13-9-16)21(24)25/h1-13H,(H,22,23)/q+1. The summed E-state index contributed by atoms with van der Waals surface area (Å²) in [6.45, 7) is 0. The Morgan fingerprint density at radius 1 is 0.680 bits per heavy atom. The van der Waals surface area contributed by atoms with Gasteiger partial charge in [0.25, 0.3) is 10.6 Å². The van der Waals surface area contributed by atoms with Crippen LogP contribution < -0.4 is 4.90 Å². The highest BCUT2D eigenvalue weighted by molar-refractivity contribution is 5.77. The van der Waals surface area contributed by atoms with Crippen molar-refractivity contribution in [3.8, 4) is 0 Å². The van der Waals surface area contributed by atoms with Gasteiger partial charge in [-0.15, -0.1) is 0 Å². The fourth-order valence-electron chi connectivity index (χ4n) is 2.48. The van der Waals surface area contributed by atoms with Crippen molar-refractivity contribution >= 4 is 28.4 Å². The number of hydrogen-bond acceptors (Lipinski definition) is 4. The van der Waals surface area contributed by atoms with Gasteiger partial charge in [0.1, 0.15) is 0 Å². The van der Waals surface area contributed by atoms with E-state index in [0.29, 0.717) is 0 Å². The van der Waals surface area contributed by atoms with Crippen LogP contribution in [0.15, 0.2) is 78.9 Å². The normalized spacial score (nSPS) is 10.2. The lowest BCUT2D eigenvalue weighted by atomic mass is 10.2. The quantitative estimate of drug-likeness (QED) is 0.531. The topological polar surface area (TPSA) is 86.7 Å². The van der Waals surface area contributed by atoms with E-state index in [0.717, 1.165) is 17.1 Å². The van der Waals surface area contributed by atoms with E-state index in [-0.39, 0.29) is 16.3 Å². The van der Waals surface area contributed by atoms with Crippen LogP contribution in [0.25, 0.3) is 0 Å². The molecule has 0 spiro atoms. The van der Waals surface area contributed by atoms with Crippen molar-refractivity contribution in [2.24, 2.45) is 0 Å². The summed E-state index contributed by atoms with van der Waals surface area (Å²) in [5.41, 5.74) is 2.44. The van der Waals surface area contributed by atoms with Gasteiger partial charge in [-0.2, -0.15) is 0 Å². The third-order valence-electron chi connectivity index (χ3n) is 3.66. The summed E-state index contributed by atoms with van der Waals surface area (Å²) in [5.74, 6) is 0. The van der Waals surface area contributed by atoms with Crippen molar-refractivity contribution < 1.29 is 15.1 Å². The Labute approximate surface area is 143 Å². The van der Waals surface area contributed by atoms with Crippen LogP contribution in [-0.2, 0) is 0 Å². The summed E-state index contributed by atoms with van der Waals surface area (Å²) >= 11 is 0. The first-order valence-corrected chi connectivity index (χ1v) is 7.42. The summed E-state index contributed by atoms with van der Waals surface area (Å²) in [5, 5.41) is 19.8. The Morgan fingerprint density at radius 3 is 1.56 bits per heavy atom. The molecule has 0 bridgehead atoms. The predicted octanol–water partition coefficient (Wildman–Crippen LogP) is 4.86. The lowest BCUT2D eigenvalue weighted by molar-refractivity contribution is -0.729. The highest BCUT2D eigenvalue weighted by Crippen LogP contribution is 2.35. The van der Waals surface area contributed by atoms with Crippen LogP contribution in [0.5, 0.6) is 0 Å². The number of non-ortho nitro benzene ring substituents is 1. The smallest absolute Gasteiger partial charge is 0.310 e. The molecule has 7 heteroatoms. The monoisotopic (exact) mass is 336 g/mol. The van der Waals surface area contributed by atoms with E-state index in [1.807, 2.05) is 35.2 Å². The van der Waals surface area contributed by atoms with Crippen molar-refractivity contribution in [1.29, 1.82) is 0 Å². The molecule has 0 atom stereocenters. The molecule has 0 aromatic heterocycles. The molecule has 0 saturated carbocycles. The number of nitrogens with zero attached hydrogens (tertiary/aromatic N) is 3. The van der Waals surface area contributed by atoms with Gasteiger partial charge in [-0.05, 0) is 36.4 Å². The summed E-state index contributed by atoms with van der Waals surface area (Å²) in [6.07, 6.45) is 0. The summed E-state index contributed by atoms with van der Waals surface area (Å²) in [6, 6.07) is 22.0. The van der Waals surface area contributed by atoms with Gasteiger partial charge in [-0.3, -0.25) is 10.1 Å². The molecule has 3 aromatic carbocycles. The fourth-order valence-corrected chi connectivity index (χ4v) is 2.48. The van der Waals surface area contributed by atoms with Gasteiger partial charge in [0.2, 0.25) is 0 Å². The van der Waals surface area contributed by atoms with E-state index in [2.05, 4.69) is 0 Å². The van der Waals surface area contributed by atoms with Gasteiger partial charge in [0.15, 0.2) is 0 Å². The van der Waals surface area contributed by atoms with Gasteiger partial charge in [-0.25, -0.2) is 5.21 Å². The molecule has 0 heterocycles. The van der Waals surface area contributed by atoms with Crippen LogP contribution in [0.2, 0.25) is 0 Å². The molecular formula is C18H14N3O4+. The fraction of sp³-hybridized carbons (Fsp3) is 0. The molecule has 1 N–H and O–H groups in total. The van der Waals surface area contributed by atoms with E-state index < -0.39 is 4.92 Å².